The minimum Gasteiger partial charge on any atom is -0.460 e. The second-order valence-corrected chi connectivity index (χ2v) is 7.30. The zero-order chi connectivity index (χ0) is 22.0. The average molecular weight is 490 g/mol. The molecular weight excluding hydrogens is 476 g/mol. The lowest BCUT2D eigenvalue weighted by Gasteiger charge is -2.20. The highest BCUT2D eigenvalue weighted by molar-refractivity contribution is 9.10. The van der Waals surface area contributed by atoms with Crippen LogP contribution in [0.2, 0.25) is 0 Å². The number of nitrogens with zero attached hydrogens (tertiary/aromatic N) is 1. The molecule has 2 aromatic heterocycles. The summed E-state index contributed by atoms with van der Waals surface area (Å²) < 4.78 is 36.9. The molecule has 0 spiro atoms. The molecule has 1 atom stereocenters. The number of aromatic nitrogens is 2. The maximum atomic E-state index is 14.4. The Bertz CT molecular complexity index is 1320. The third-order valence-corrected chi connectivity index (χ3v) is 5.19. The molecule has 31 heavy (non-hydrogen) atoms. The zero-order valence-electron chi connectivity index (χ0n) is 15.7. The van der Waals surface area contributed by atoms with Gasteiger partial charge in [0.05, 0.1) is 17.3 Å². The number of nitrogens with one attached hydrogen (secondary N) is 2. The lowest BCUT2D eigenvalue weighted by molar-refractivity contribution is 0.0942. The molecule has 0 saturated carbocycles. The first-order valence-electron chi connectivity index (χ1n) is 8.98. The number of benzene rings is 2. The van der Waals surface area contributed by atoms with E-state index < -0.39 is 30.4 Å². The molecule has 7 nitrogen and oxygen atoms in total. The number of aromatic amines is 1. The van der Waals surface area contributed by atoms with E-state index in [0.29, 0.717) is 26.8 Å². The first kappa shape index (κ1) is 20.7. The van der Waals surface area contributed by atoms with E-state index in [4.69, 9.17) is 4.42 Å². The molecule has 0 fully saturated rings. The monoisotopic (exact) mass is 489 g/mol. The molecule has 0 saturated heterocycles. The molecule has 158 valence electrons. The third kappa shape index (κ3) is 4.33. The van der Waals surface area contributed by atoms with Gasteiger partial charge in [0.15, 0.2) is 17.1 Å². The number of hydrogen-bond donors (Lipinski definition) is 2. The number of carbonyl (C=O) groups is 1. The van der Waals surface area contributed by atoms with Crippen LogP contribution in [0.3, 0.4) is 0 Å². The fourth-order valence-electron chi connectivity index (χ4n) is 3.10. The van der Waals surface area contributed by atoms with Gasteiger partial charge in [-0.15, -0.1) is 0 Å². The van der Waals surface area contributed by atoms with Crippen LogP contribution in [0, 0.1) is 5.82 Å². The first-order valence-corrected chi connectivity index (χ1v) is 9.78. The summed E-state index contributed by atoms with van der Waals surface area (Å²) in [4.78, 5) is 31.1. The molecule has 0 aliphatic rings. The lowest BCUT2D eigenvalue weighted by Crippen LogP contribution is -2.30. The molecule has 10 heteroatoms. The highest BCUT2D eigenvalue weighted by Crippen LogP contribution is 2.30. The van der Waals surface area contributed by atoms with Crippen molar-refractivity contribution in [3.8, 4) is 5.75 Å². The standard InChI is InChI=1S/C21H14BrF2N3O4/c22-13-2-1-7-25-19(13)18(11-3-5-16(30-10-23)14(24)8-11)27-20(28)12-4-6-17-15(9-12)26-21(29)31-17/h1-9,18H,10H2,(H,26,29)(H,27,28)/t18-/m0/s1. The number of carbonyl (C=O) groups excluding carboxylic acids is 1. The molecule has 4 aromatic rings. The van der Waals surface area contributed by atoms with Crippen molar-refractivity contribution in [1.29, 1.82) is 0 Å². The SMILES string of the molecule is O=C(N[C@@H](c1ccc(OCF)c(F)c1)c1ncccc1Br)c1ccc2oc(=O)[nH]c2c1. The molecule has 4 rings (SSSR count). The Labute approximate surface area is 182 Å². The summed E-state index contributed by atoms with van der Waals surface area (Å²) in [5.41, 5.74) is 1.74. The van der Waals surface area contributed by atoms with E-state index in [1.54, 1.807) is 18.3 Å². The van der Waals surface area contributed by atoms with Gasteiger partial charge in [0.1, 0.15) is 0 Å². The summed E-state index contributed by atoms with van der Waals surface area (Å²) in [6.07, 6.45) is 1.54. The number of rotatable bonds is 6. The van der Waals surface area contributed by atoms with Crippen LogP contribution in [0.25, 0.3) is 11.1 Å². The molecule has 0 unspecified atom stereocenters. The van der Waals surface area contributed by atoms with E-state index in [0.717, 1.165) is 6.07 Å². The maximum absolute atomic E-state index is 14.4. The Balaban J connectivity index is 1.72. The van der Waals surface area contributed by atoms with Crippen LogP contribution in [-0.2, 0) is 0 Å². The number of oxazole rings is 1. The first-order chi connectivity index (χ1) is 15.0. The topological polar surface area (TPSA) is 97.2 Å². The normalized spacial score (nSPS) is 12.0. The van der Waals surface area contributed by atoms with Gasteiger partial charge in [-0.3, -0.25) is 14.8 Å². The van der Waals surface area contributed by atoms with Crippen LogP contribution >= 0.6 is 15.9 Å². The predicted octanol–water partition coefficient (Wildman–Crippen LogP) is 4.24. The number of H-pyrrole nitrogens is 1. The molecule has 2 N–H and O–H groups in total. The predicted molar refractivity (Wildman–Crippen MR) is 111 cm³/mol. The van der Waals surface area contributed by atoms with Crippen molar-refractivity contribution in [1.82, 2.24) is 15.3 Å². The molecule has 0 bridgehead atoms. The number of alkyl halides is 1. The van der Waals surface area contributed by atoms with Crippen molar-refractivity contribution in [2.75, 3.05) is 6.86 Å². The van der Waals surface area contributed by atoms with E-state index >= 15 is 0 Å². The minimum absolute atomic E-state index is 0.245. The van der Waals surface area contributed by atoms with Crippen molar-refractivity contribution in [3.63, 3.8) is 0 Å². The smallest absolute Gasteiger partial charge is 0.417 e. The Kier molecular flexibility index (Phi) is 5.81. The Morgan fingerprint density at radius 1 is 1.26 bits per heavy atom. The maximum Gasteiger partial charge on any atom is 0.417 e. The number of pyridine rings is 1. The van der Waals surface area contributed by atoms with E-state index in [1.807, 2.05) is 0 Å². The third-order valence-electron chi connectivity index (χ3n) is 4.52. The fourth-order valence-corrected chi connectivity index (χ4v) is 3.58. The summed E-state index contributed by atoms with van der Waals surface area (Å²) in [6.45, 7) is -1.17. The number of halogens is 3. The van der Waals surface area contributed by atoms with Crippen LogP contribution in [0.5, 0.6) is 5.75 Å². The quantitative estimate of drug-likeness (QED) is 0.422. The van der Waals surface area contributed by atoms with Gasteiger partial charge in [0, 0.05) is 16.2 Å². The van der Waals surface area contributed by atoms with Gasteiger partial charge < -0.3 is 14.5 Å². The molecule has 1 amide bonds. The second-order valence-electron chi connectivity index (χ2n) is 6.45. The number of hydrogen-bond acceptors (Lipinski definition) is 5. The molecular formula is C21H14BrF2N3O4. The Morgan fingerprint density at radius 2 is 2.10 bits per heavy atom. The summed E-state index contributed by atoms with van der Waals surface area (Å²) in [5.74, 6) is -2.14. The summed E-state index contributed by atoms with van der Waals surface area (Å²) >= 11 is 3.40. The van der Waals surface area contributed by atoms with Crippen LogP contribution in [-0.4, -0.2) is 22.7 Å². The minimum atomic E-state index is -1.17. The van der Waals surface area contributed by atoms with Gasteiger partial charge in [0.25, 0.3) is 5.91 Å². The van der Waals surface area contributed by atoms with Gasteiger partial charge in [-0.25, -0.2) is 13.6 Å². The van der Waals surface area contributed by atoms with E-state index in [-0.39, 0.29) is 11.3 Å². The van der Waals surface area contributed by atoms with Crippen molar-refractivity contribution in [2.24, 2.45) is 0 Å². The highest BCUT2D eigenvalue weighted by Gasteiger charge is 2.23. The highest BCUT2D eigenvalue weighted by atomic mass is 79.9. The summed E-state index contributed by atoms with van der Waals surface area (Å²) in [6, 6.07) is 11.0. The largest absolute Gasteiger partial charge is 0.460 e. The van der Waals surface area contributed by atoms with Crippen LogP contribution in [0.4, 0.5) is 8.78 Å². The molecule has 0 aliphatic heterocycles. The summed E-state index contributed by atoms with van der Waals surface area (Å²) in [7, 11) is 0. The molecule has 0 aliphatic carbocycles. The van der Waals surface area contributed by atoms with E-state index in [1.165, 1.54) is 30.3 Å². The van der Waals surface area contributed by atoms with Crippen molar-refractivity contribution in [2.45, 2.75) is 6.04 Å². The van der Waals surface area contributed by atoms with Crippen LogP contribution in [0.15, 0.2) is 68.4 Å². The van der Waals surface area contributed by atoms with Crippen LogP contribution < -0.4 is 15.8 Å². The van der Waals surface area contributed by atoms with Crippen molar-refractivity contribution < 1.29 is 22.7 Å². The van der Waals surface area contributed by atoms with Gasteiger partial charge in [-0.1, -0.05) is 6.07 Å². The Hall–Kier alpha value is -3.53. The van der Waals surface area contributed by atoms with Gasteiger partial charge in [-0.2, -0.15) is 0 Å². The van der Waals surface area contributed by atoms with E-state index in [9.17, 15) is 18.4 Å². The number of ether oxygens (including phenoxy) is 1. The fraction of sp³-hybridized carbons (Fsp3) is 0.0952. The van der Waals surface area contributed by atoms with Crippen LogP contribution in [0.1, 0.15) is 27.7 Å². The van der Waals surface area contributed by atoms with Crippen molar-refractivity contribution in [3.05, 3.63) is 92.4 Å². The lowest BCUT2D eigenvalue weighted by atomic mass is 10.0. The number of amides is 1. The van der Waals surface area contributed by atoms with Crippen molar-refractivity contribution >= 4 is 32.9 Å². The summed E-state index contributed by atoms with van der Waals surface area (Å²) in [5, 5.41) is 2.82. The zero-order valence-corrected chi connectivity index (χ0v) is 17.3. The molecule has 2 heterocycles. The van der Waals surface area contributed by atoms with Gasteiger partial charge >= 0.3 is 5.76 Å². The number of fused-ring (bicyclic) bond motifs is 1. The second kappa shape index (κ2) is 8.68. The Morgan fingerprint density at radius 3 is 2.84 bits per heavy atom. The van der Waals surface area contributed by atoms with Gasteiger partial charge in [-0.05, 0) is 64.0 Å². The average Bonchev–Trinajstić information content (AvgIpc) is 3.13. The van der Waals surface area contributed by atoms with Gasteiger partial charge in [0.2, 0.25) is 6.86 Å². The molecule has 2 aromatic carbocycles. The van der Waals surface area contributed by atoms with E-state index in [2.05, 4.69) is 36.0 Å². The molecule has 0 radical (unpaired) electrons.